The number of ether oxygens (including phenoxy) is 1. The fraction of sp³-hybridized carbons (Fsp3) is 0.188. The van der Waals surface area contributed by atoms with Crippen LogP contribution in [0.4, 0.5) is 0 Å². The average molecular weight is 359 g/mol. The molecular weight excluding hydrogens is 343 g/mol. The minimum absolute atomic E-state index is 0. The third-order valence-corrected chi connectivity index (χ3v) is 3.80. The second-order valence-electron chi connectivity index (χ2n) is 4.93. The molecule has 123 valence electrons. The SMILES string of the molecule is O=C(c1ccccc1)c1ccc(OCC(O)CS(=O)(=O)O)cc1.[Na]. The molecule has 0 saturated heterocycles. The van der Waals surface area contributed by atoms with Crippen LogP contribution >= 0.6 is 0 Å². The molecular formula is C16H16NaO6S. The molecule has 0 spiro atoms. The van der Waals surface area contributed by atoms with Crippen LogP contribution in [0.5, 0.6) is 5.75 Å². The molecule has 0 aliphatic heterocycles. The van der Waals surface area contributed by atoms with E-state index in [-0.39, 0.29) is 41.9 Å². The number of benzene rings is 2. The van der Waals surface area contributed by atoms with Crippen LogP contribution in [0.1, 0.15) is 15.9 Å². The normalized spacial score (nSPS) is 12.1. The Kier molecular flexibility index (Phi) is 8.08. The molecule has 1 atom stereocenters. The molecule has 1 radical (unpaired) electrons. The molecule has 2 aromatic rings. The van der Waals surface area contributed by atoms with E-state index in [0.29, 0.717) is 16.9 Å². The Balaban J connectivity index is 0.00000288. The summed E-state index contributed by atoms with van der Waals surface area (Å²) in [6.07, 6.45) is -1.34. The maximum atomic E-state index is 12.2. The zero-order valence-electron chi connectivity index (χ0n) is 13.1. The summed E-state index contributed by atoms with van der Waals surface area (Å²) in [5.74, 6) is -0.537. The van der Waals surface area contributed by atoms with Crippen molar-refractivity contribution in [3.8, 4) is 5.75 Å². The molecule has 2 rings (SSSR count). The van der Waals surface area contributed by atoms with E-state index in [0.717, 1.165) is 0 Å². The van der Waals surface area contributed by atoms with Crippen molar-refractivity contribution in [2.75, 3.05) is 12.4 Å². The first-order valence-corrected chi connectivity index (χ1v) is 8.42. The molecule has 2 N–H and O–H groups in total. The average Bonchev–Trinajstić information content (AvgIpc) is 2.52. The second kappa shape index (κ2) is 9.31. The van der Waals surface area contributed by atoms with Gasteiger partial charge >= 0.3 is 0 Å². The number of ketones is 1. The summed E-state index contributed by atoms with van der Waals surface area (Å²) in [7, 11) is -4.25. The molecule has 0 saturated carbocycles. The van der Waals surface area contributed by atoms with Gasteiger partial charge in [-0.2, -0.15) is 8.42 Å². The topological polar surface area (TPSA) is 101 Å². The van der Waals surface area contributed by atoms with E-state index >= 15 is 0 Å². The summed E-state index contributed by atoms with van der Waals surface area (Å²) in [6, 6.07) is 15.1. The molecule has 2 aromatic carbocycles. The zero-order chi connectivity index (χ0) is 16.9. The summed E-state index contributed by atoms with van der Waals surface area (Å²) in [5, 5.41) is 9.42. The van der Waals surface area contributed by atoms with Crippen molar-refractivity contribution in [3.05, 3.63) is 65.7 Å². The predicted octanol–water partition coefficient (Wildman–Crippen LogP) is 1.16. The molecule has 6 nitrogen and oxygen atoms in total. The molecule has 0 bridgehead atoms. The van der Waals surface area contributed by atoms with Gasteiger partial charge in [0.05, 0.1) is 0 Å². The first kappa shape index (κ1) is 20.8. The van der Waals surface area contributed by atoms with Crippen molar-refractivity contribution < 1.29 is 27.6 Å². The molecule has 1 unspecified atom stereocenters. The largest absolute Gasteiger partial charge is 0.491 e. The molecule has 0 fully saturated rings. The number of carbonyl (C=O) groups is 1. The third-order valence-electron chi connectivity index (χ3n) is 3.00. The van der Waals surface area contributed by atoms with Gasteiger partial charge in [0.1, 0.15) is 24.2 Å². The van der Waals surface area contributed by atoms with Gasteiger partial charge in [0, 0.05) is 40.7 Å². The first-order chi connectivity index (χ1) is 10.8. The molecule has 0 aliphatic rings. The molecule has 0 heterocycles. The van der Waals surface area contributed by atoms with E-state index in [1.54, 1.807) is 48.5 Å². The van der Waals surface area contributed by atoms with Crippen LogP contribution in [-0.4, -0.2) is 71.9 Å². The number of rotatable bonds is 7. The number of carbonyl (C=O) groups excluding carboxylic acids is 1. The van der Waals surface area contributed by atoms with Gasteiger partial charge in [0.15, 0.2) is 5.78 Å². The van der Waals surface area contributed by atoms with E-state index in [2.05, 4.69) is 0 Å². The molecule has 0 aliphatic carbocycles. The predicted molar refractivity (Wildman–Crippen MR) is 90.0 cm³/mol. The fourth-order valence-corrected chi connectivity index (χ4v) is 2.52. The summed E-state index contributed by atoms with van der Waals surface area (Å²) < 4.78 is 35.0. The number of hydrogen-bond donors (Lipinski definition) is 2. The van der Waals surface area contributed by atoms with E-state index in [4.69, 9.17) is 9.29 Å². The number of aliphatic hydroxyl groups excluding tert-OH is 1. The van der Waals surface area contributed by atoms with E-state index in [9.17, 15) is 18.3 Å². The van der Waals surface area contributed by atoms with E-state index < -0.39 is 22.0 Å². The van der Waals surface area contributed by atoms with Gasteiger partial charge in [-0.3, -0.25) is 9.35 Å². The zero-order valence-corrected chi connectivity index (χ0v) is 15.9. The molecule has 0 amide bonds. The third kappa shape index (κ3) is 6.72. The summed E-state index contributed by atoms with van der Waals surface area (Å²) in [6.45, 7) is -0.286. The second-order valence-corrected chi connectivity index (χ2v) is 6.43. The standard InChI is InChI=1S/C16H16O6S.Na/c17-14(11-23(19,20)21)10-22-15-8-6-13(7-9-15)16(18)12-4-2-1-3-5-12;/h1-9,14,17H,10-11H2,(H,19,20,21);. The van der Waals surface area contributed by atoms with Crippen molar-refractivity contribution in [2.45, 2.75) is 6.10 Å². The van der Waals surface area contributed by atoms with Gasteiger partial charge in [0.2, 0.25) is 0 Å². The minimum atomic E-state index is -4.25. The van der Waals surface area contributed by atoms with Gasteiger partial charge in [-0.1, -0.05) is 30.3 Å². The number of hydrogen-bond acceptors (Lipinski definition) is 5. The number of aliphatic hydroxyl groups is 1. The van der Waals surface area contributed by atoms with Crippen molar-refractivity contribution in [1.29, 1.82) is 0 Å². The Morgan fingerprint density at radius 1 is 1.00 bits per heavy atom. The van der Waals surface area contributed by atoms with Crippen LogP contribution in [0.3, 0.4) is 0 Å². The Labute approximate surface area is 162 Å². The van der Waals surface area contributed by atoms with Gasteiger partial charge in [-0.15, -0.1) is 0 Å². The maximum absolute atomic E-state index is 12.2. The minimum Gasteiger partial charge on any atom is -0.491 e. The summed E-state index contributed by atoms with van der Waals surface area (Å²) >= 11 is 0. The van der Waals surface area contributed by atoms with Gasteiger partial charge in [0.25, 0.3) is 10.1 Å². The van der Waals surface area contributed by atoms with Crippen molar-refractivity contribution in [3.63, 3.8) is 0 Å². The summed E-state index contributed by atoms with van der Waals surface area (Å²) in [5.41, 5.74) is 1.06. The van der Waals surface area contributed by atoms with Crippen LogP contribution in [0.2, 0.25) is 0 Å². The van der Waals surface area contributed by atoms with Crippen LogP contribution in [0.25, 0.3) is 0 Å². The van der Waals surface area contributed by atoms with Crippen LogP contribution in [0.15, 0.2) is 54.6 Å². The summed E-state index contributed by atoms with van der Waals surface area (Å²) in [4.78, 5) is 12.2. The quantitative estimate of drug-likeness (QED) is 0.437. The molecule has 8 heteroatoms. The van der Waals surface area contributed by atoms with Crippen LogP contribution < -0.4 is 4.74 Å². The smallest absolute Gasteiger partial charge is 0.267 e. The van der Waals surface area contributed by atoms with E-state index in [1.165, 1.54) is 0 Å². The van der Waals surface area contributed by atoms with Gasteiger partial charge in [-0.25, -0.2) is 0 Å². The molecule has 0 aromatic heterocycles. The van der Waals surface area contributed by atoms with Gasteiger partial charge < -0.3 is 9.84 Å². The Morgan fingerprint density at radius 3 is 2.08 bits per heavy atom. The van der Waals surface area contributed by atoms with Crippen LogP contribution in [0, 0.1) is 0 Å². The van der Waals surface area contributed by atoms with Gasteiger partial charge in [-0.05, 0) is 24.3 Å². The van der Waals surface area contributed by atoms with Crippen molar-refractivity contribution >= 4 is 45.5 Å². The Hall–Kier alpha value is -1.22. The van der Waals surface area contributed by atoms with Crippen molar-refractivity contribution in [2.24, 2.45) is 0 Å². The first-order valence-electron chi connectivity index (χ1n) is 6.81. The Bertz CT molecular complexity index is 759. The maximum Gasteiger partial charge on any atom is 0.267 e. The fourth-order valence-electron chi connectivity index (χ4n) is 1.94. The van der Waals surface area contributed by atoms with E-state index in [1.807, 2.05) is 6.07 Å². The molecule has 24 heavy (non-hydrogen) atoms. The Morgan fingerprint density at radius 2 is 1.54 bits per heavy atom. The van der Waals surface area contributed by atoms with Crippen molar-refractivity contribution in [1.82, 2.24) is 0 Å². The van der Waals surface area contributed by atoms with Crippen LogP contribution in [-0.2, 0) is 10.1 Å². The monoisotopic (exact) mass is 359 g/mol.